The summed E-state index contributed by atoms with van der Waals surface area (Å²) in [5, 5.41) is 14.5. The number of hydrogen-bond donors (Lipinski definition) is 1. The topological polar surface area (TPSA) is 73.6 Å². The Hall–Kier alpha value is -1.82. The van der Waals surface area contributed by atoms with Gasteiger partial charge in [-0.1, -0.05) is 0 Å². The van der Waals surface area contributed by atoms with Crippen LogP contribution in [0.15, 0.2) is 18.2 Å². The van der Waals surface area contributed by atoms with Crippen LogP contribution in [0, 0.1) is 10.1 Å². The molecule has 2 atom stereocenters. The van der Waals surface area contributed by atoms with Crippen LogP contribution < -0.4 is 10.1 Å². The molecule has 1 aromatic carbocycles. The maximum Gasteiger partial charge on any atom is 0.296 e. The van der Waals surface area contributed by atoms with Crippen LogP contribution >= 0.6 is 0 Å². The van der Waals surface area contributed by atoms with Gasteiger partial charge in [0.1, 0.15) is 11.4 Å². The maximum atomic E-state index is 11.2. The van der Waals surface area contributed by atoms with Crippen molar-refractivity contribution in [1.29, 1.82) is 0 Å². The van der Waals surface area contributed by atoms with Crippen LogP contribution in [-0.2, 0) is 4.74 Å². The summed E-state index contributed by atoms with van der Waals surface area (Å²) in [6, 6.07) is 5.12. The van der Waals surface area contributed by atoms with Gasteiger partial charge >= 0.3 is 0 Å². The Morgan fingerprint density at radius 1 is 1.38 bits per heavy atom. The van der Waals surface area contributed by atoms with Crippen molar-refractivity contribution in [2.45, 2.75) is 51.9 Å². The molecule has 0 bridgehead atoms. The molecular weight excluding hydrogens is 272 g/mol. The summed E-state index contributed by atoms with van der Waals surface area (Å²) in [5.41, 5.74) is 0.586. The van der Waals surface area contributed by atoms with Crippen molar-refractivity contribution in [1.82, 2.24) is 0 Å². The number of nitrogens with zero attached hydrogens (tertiary/aromatic N) is 1. The van der Waals surface area contributed by atoms with Gasteiger partial charge in [-0.25, -0.2) is 0 Å². The molecular formula is C15H22N2O4. The minimum absolute atomic E-state index is 0.0488. The maximum absolute atomic E-state index is 11.2. The lowest BCUT2D eigenvalue weighted by Gasteiger charge is -2.33. The first-order chi connectivity index (χ1) is 9.99. The van der Waals surface area contributed by atoms with Gasteiger partial charge in [-0.05, 0) is 45.7 Å². The third-order valence-electron chi connectivity index (χ3n) is 3.53. The number of nitrogens with one attached hydrogen (secondary N) is 1. The molecule has 0 radical (unpaired) electrons. The number of hydrogen-bond acceptors (Lipinski definition) is 5. The van der Waals surface area contributed by atoms with E-state index in [9.17, 15) is 10.1 Å². The molecule has 0 amide bonds. The van der Waals surface area contributed by atoms with Crippen molar-refractivity contribution in [2.75, 3.05) is 11.9 Å². The second kappa shape index (κ2) is 6.76. The van der Waals surface area contributed by atoms with Crippen molar-refractivity contribution in [3.05, 3.63) is 28.3 Å². The molecule has 2 rings (SSSR count). The van der Waals surface area contributed by atoms with Crippen molar-refractivity contribution < 1.29 is 14.4 Å². The van der Waals surface area contributed by atoms with Gasteiger partial charge in [-0.15, -0.1) is 0 Å². The van der Waals surface area contributed by atoms with E-state index in [1.165, 1.54) is 6.07 Å². The van der Waals surface area contributed by atoms with Crippen molar-refractivity contribution >= 4 is 11.4 Å². The van der Waals surface area contributed by atoms with Crippen LogP contribution in [-0.4, -0.2) is 29.8 Å². The molecule has 0 saturated carbocycles. The predicted octanol–water partition coefficient (Wildman–Crippen LogP) is 3.36. The average Bonchev–Trinajstić information content (AvgIpc) is 2.39. The highest BCUT2D eigenvalue weighted by molar-refractivity contribution is 5.64. The van der Waals surface area contributed by atoms with E-state index in [2.05, 4.69) is 5.32 Å². The monoisotopic (exact) mass is 294 g/mol. The first-order valence-corrected chi connectivity index (χ1v) is 7.32. The Balaban J connectivity index is 2.16. The number of rotatable bonds is 5. The van der Waals surface area contributed by atoms with Crippen LogP contribution in [0.2, 0.25) is 0 Å². The smallest absolute Gasteiger partial charge is 0.296 e. The third kappa shape index (κ3) is 4.07. The lowest BCUT2D eigenvalue weighted by atomic mass is 9.99. The van der Waals surface area contributed by atoms with E-state index in [1.807, 2.05) is 20.8 Å². The first-order valence-electron chi connectivity index (χ1n) is 7.32. The van der Waals surface area contributed by atoms with Crippen molar-refractivity contribution in [3.8, 4) is 5.75 Å². The van der Waals surface area contributed by atoms with E-state index in [4.69, 9.17) is 9.47 Å². The van der Waals surface area contributed by atoms with Crippen LogP contribution in [0.4, 0.5) is 11.4 Å². The molecule has 1 heterocycles. The van der Waals surface area contributed by atoms with E-state index >= 15 is 0 Å². The van der Waals surface area contributed by atoms with Gasteiger partial charge in [0.2, 0.25) is 0 Å². The van der Waals surface area contributed by atoms with E-state index in [0.717, 1.165) is 12.8 Å². The lowest BCUT2D eigenvalue weighted by molar-refractivity contribution is -0.384. The van der Waals surface area contributed by atoms with Crippen molar-refractivity contribution in [2.24, 2.45) is 0 Å². The fourth-order valence-electron chi connectivity index (χ4n) is 2.78. The molecule has 1 saturated heterocycles. The highest BCUT2D eigenvalue weighted by Gasteiger charge is 2.26. The van der Waals surface area contributed by atoms with Crippen LogP contribution in [0.3, 0.4) is 0 Å². The number of ether oxygens (including phenoxy) is 2. The molecule has 6 nitrogen and oxygen atoms in total. The third-order valence-corrected chi connectivity index (χ3v) is 3.53. The molecule has 116 valence electrons. The zero-order chi connectivity index (χ0) is 15.4. The quantitative estimate of drug-likeness (QED) is 0.666. The van der Waals surface area contributed by atoms with E-state index in [1.54, 1.807) is 12.1 Å². The van der Waals surface area contributed by atoms with E-state index < -0.39 is 0 Å². The van der Waals surface area contributed by atoms with Gasteiger partial charge in [0.05, 0.1) is 29.8 Å². The fraction of sp³-hybridized carbons (Fsp3) is 0.600. The van der Waals surface area contributed by atoms with E-state index in [0.29, 0.717) is 18.0 Å². The van der Waals surface area contributed by atoms with Crippen LogP contribution in [0.25, 0.3) is 0 Å². The molecule has 1 aliphatic heterocycles. The number of nitro benzene ring substituents is 1. The SMILES string of the molecule is CCOc1ccc(NC2CC(C)OC(C)C2)c([N+](=O)[O-])c1. The Kier molecular flexibility index (Phi) is 5.01. The molecule has 1 fully saturated rings. The zero-order valence-corrected chi connectivity index (χ0v) is 12.7. The van der Waals surface area contributed by atoms with Gasteiger partial charge in [0.15, 0.2) is 0 Å². The second-order valence-corrected chi connectivity index (χ2v) is 5.44. The highest BCUT2D eigenvalue weighted by Crippen LogP contribution is 2.31. The minimum atomic E-state index is -0.378. The normalized spacial score (nSPS) is 25.4. The molecule has 6 heteroatoms. The van der Waals surface area contributed by atoms with Gasteiger partial charge in [-0.3, -0.25) is 10.1 Å². The highest BCUT2D eigenvalue weighted by atomic mass is 16.6. The minimum Gasteiger partial charge on any atom is -0.494 e. The molecule has 0 aliphatic carbocycles. The van der Waals surface area contributed by atoms with Crippen molar-refractivity contribution in [3.63, 3.8) is 0 Å². The predicted molar refractivity (Wildman–Crippen MR) is 80.9 cm³/mol. The van der Waals surface area contributed by atoms with Gasteiger partial charge < -0.3 is 14.8 Å². The Morgan fingerprint density at radius 2 is 2.05 bits per heavy atom. The number of anilines is 1. The Labute approximate surface area is 124 Å². The Bertz CT molecular complexity index is 496. The molecule has 2 unspecified atom stereocenters. The van der Waals surface area contributed by atoms with Gasteiger partial charge in [0.25, 0.3) is 5.69 Å². The number of nitro groups is 1. The summed E-state index contributed by atoms with van der Waals surface area (Å²) in [4.78, 5) is 10.9. The zero-order valence-electron chi connectivity index (χ0n) is 12.7. The summed E-state index contributed by atoms with van der Waals surface area (Å²) in [7, 11) is 0. The van der Waals surface area contributed by atoms with Crippen LogP contribution in [0.5, 0.6) is 5.75 Å². The Morgan fingerprint density at radius 3 is 2.62 bits per heavy atom. The molecule has 0 spiro atoms. The lowest BCUT2D eigenvalue weighted by Crippen LogP contribution is -2.37. The van der Waals surface area contributed by atoms with E-state index in [-0.39, 0.29) is 28.9 Å². The standard InChI is InChI=1S/C15H22N2O4/c1-4-20-13-5-6-14(15(9-13)17(18)19)16-12-7-10(2)21-11(3)8-12/h5-6,9-12,16H,4,7-8H2,1-3H3. The number of benzene rings is 1. The van der Waals surface area contributed by atoms with Gasteiger partial charge in [-0.2, -0.15) is 0 Å². The van der Waals surface area contributed by atoms with Gasteiger partial charge in [0, 0.05) is 6.04 Å². The summed E-state index contributed by atoms with van der Waals surface area (Å²) in [5.74, 6) is 0.517. The molecule has 21 heavy (non-hydrogen) atoms. The average molecular weight is 294 g/mol. The van der Waals surface area contributed by atoms with Crippen LogP contribution in [0.1, 0.15) is 33.6 Å². The summed E-state index contributed by atoms with van der Waals surface area (Å²) < 4.78 is 11.0. The first kappa shape index (κ1) is 15.6. The second-order valence-electron chi connectivity index (χ2n) is 5.44. The molecule has 1 aromatic rings. The molecule has 0 aromatic heterocycles. The fourth-order valence-corrected chi connectivity index (χ4v) is 2.78. The summed E-state index contributed by atoms with van der Waals surface area (Å²) in [6.45, 7) is 6.38. The summed E-state index contributed by atoms with van der Waals surface area (Å²) in [6.07, 6.45) is 2.00. The molecule has 1 N–H and O–H groups in total. The summed E-state index contributed by atoms with van der Waals surface area (Å²) >= 11 is 0. The largest absolute Gasteiger partial charge is 0.494 e. The molecule has 1 aliphatic rings.